The Balaban J connectivity index is 2.07. The number of hydrogen-bond donors (Lipinski definition) is 2. The summed E-state index contributed by atoms with van der Waals surface area (Å²) in [4.78, 5) is 21.2. The Kier molecular flexibility index (Phi) is 3.18. The summed E-state index contributed by atoms with van der Waals surface area (Å²) in [5.74, 6) is 0.252. The van der Waals surface area contributed by atoms with E-state index in [1.807, 2.05) is 30.0 Å². The van der Waals surface area contributed by atoms with Gasteiger partial charge < -0.3 is 10.0 Å². The highest BCUT2D eigenvalue weighted by atomic mass is 16.3. The zero-order valence-electron chi connectivity index (χ0n) is 11.4. The number of aromatic nitrogens is 2. The molecule has 1 aliphatic heterocycles. The number of nitrogens with zero attached hydrogens (tertiary/aromatic N) is 2. The number of hydrogen-bond acceptors (Lipinski definition) is 4. The third-order valence-corrected chi connectivity index (χ3v) is 3.60. The number of H-pyrrole nitrogens is 1. The van der Waals surface area contributed by atoms with Crippen LogP contribution in [-0.2, 0) is 0 Å². The monoisotopic (exact) mass is 271 g/mol. The Labute approximate surface area is 116 Å². The zero-order valence-corrected chi connectivity index (χ0v) is 11.4. The van der Waals surface area contributed by atoms with Crippen molar-refractivity contribution < 1.29 is 5.11 Å². The van der Waals surface area contributed by atoms with E-state index in [0.717, 1.165) is 31.5 Å². The quantitative estimate of drug-likeness (QED) is 0.877. The van der Waals surface area contributed by atoms with Crippen molar-refractivity contribution in [1.29, 1.82) is 0 Å². The van der Waals surface area contributed by atoms with Crippen molar-refractivity contribution in [2.24, 2.45) is 0 Å². The number of benzene rings is 1. The average Bonchev–Trinajstić information content (AvgIpc) is 2.91. The Bertz CT molecular complexity index is 688. The molecule has 2 aromatic rings. The highest BCUT2D eigenvalue weighted by Gasteiger charge is 2.18. The van der Waals surface area contributed by atoms with Gasteiger partial charge in [-0.15, -0.1) is 0 Å². The van der Waals surface area contributed by atoms with E-state index in [-0.39, 0.29) is 17.0 Å². The van der Waals surface area contributed by atoms with Crippen LogP contribution in [0.4, 0.5) is 5.95 Å². The normalized spacial score (nSPS) is 14.8. The number of nitrogens with one attached hydrogen (secondary N) is 1. The third-order valence-electron chi connectivity index (χ3n) is 3.60. The second kappa shape index (κ2) is 5.00. The number of aromatic amines is 1. The molecule has 0 saturated carbocycles. The molecular weight excluding hydrogens is 254 g/mol. The Morgan fingerprint density at radius 3 is 2.70 bits per heavy atom. The fourth-order valence-electron chi connectivity index (χ4n) is 2.59. The van der Waals surface area contributed by atoms with Crippen LogP contribution in [0, 0.1) is 6.92 Å². The van der Waals surface area contributed by atoms with E-state index in [9.17, 15) is 9.90 Å². The topological polar surface area (TPSA) is 69.2 Å². The lowest BCUT2D eigenvalue weighted by Gasteiger charge is -2.16. The summed E-state index contributed by atoms with van der Waals surface area (Å²) < 4.78 is 0. The van der Waals surface area contributed by atoms with Gasteiger partial charge >= 0.3 is 0 Å². The first kappa shape index (κ1) is 12.7. The summed E-state index contributed by atoms with van der Waals surface area (Å²) in [5.41, 5.74) is 1.65. The molecule has 104 valence electrons. The molecular formula is C15H17N3O2. The fourth-order valence-corrected chi connectivity index (χ4v) is 2.59. The van der Waals surface area contributed by atoms with Gasteiger partial charge in [0.25, 0.3) is 5.56 Å². The van der Waals surface area contributed by atoms with Crippen LogP contribution in [-0.4, -0.2) is 28.2 Å². The highest BCUT2D eigenvalue weighted by Crippen LogP contribution is 2.26. The maximum atomic E-state index is 12.2. The van der Waals surface area contributed by atoms with Crippen LogP contribution in [0.3, 0.4) is 0 Å². The first-order valence-electron chi connectivity index (χ1n) is 6.80. The number of rotatable bonds is 2. The maximum absolute atomic E-state index is 12.2. The Morgan fingerprint density at radius 2 is 2.05 bits per heavy atom. The second-order valence-corrected chi connectivity index (χ2v) is 5.15. The summed E-state index contributed by atoms with van der Waals surface area (Å²) in [7, 11) is 0. The summed E-state index contributed by atoms with van der Waals surface area (Å²) in [5, 5.41) is 10.1. The molecule has 1 saturated heterocycles. The van der Waals surface area contributed by atoms with Gasteiger partial charge in [0.2, 0.25) is 11.8 Å². The van der Waals surface area contributed by atoms with Gasteiger partial charge in [-0.05, 0) is 25.3 Å². The van der Waals surface area contributed by atoms with Crippen molar-refractivity contribution in [3.8, 4) is 17.0 Å². The van der Waals surface area contributed by atoms with Crippen LogP contribution in [0.1, 0.15) is 18.4 Å². The van der Waals surface area contributed by atoms with Gasteiger partial charge in [0.1, 0.15) is 5.56 Å². The molecule has 20 heavy (non-hydrogen) atoms. The molecule has 2 heterocycles. The molecule has 0 unspecified atom stereocenters. The van der Waals surface area contributed by atoms with E-state index in [4.69, 9.17) is 0 Å². The predicted molar refractivity (Wildman–Crippen MR) is 78.1 cm³/mol. The second-order valence-electron chi connectivity index (χ2n) is 5.15. The molecule has 5 nitrogen and oxygen atoms in total. The lowest BCUT2D eigenvalue weighted by atomic mass is 10.1. The molecule has 0 atom stereocenters. The number of aryl methyl sites for hydroxylation is 1. The molecule has 3 rings (SSSR count). The first-order valence-corrected chi connectivity index (χ1v) is 6.80. The molecule has 0 amide bonds. The Morgan fingerprint density at radius 1 is 1.30 bits per heavy atom. The summed E-state index contributed by atoms with van der Waals surface area (Å²) in [6.45, 7) is 3.68. The fraction of sp³-hybridized carbons (Fsp3) is 0.333. The maximum Gasteiger partial charge on any atom is 0.264 e. The van der Waals surface area contributed by atoms with Gasteiger partial charge in [0.05, 0.1) is 0 Å². The van der Waals surface area contributed by atoms with Crippen LogP contribution in [0.5, 0.6) is 5.88 Å². The SMILES string of the molecule is Cc1cccc(-c2c(O)nc(N3CCCC3)[nH]c2=O)c1. The van der Waals surface area contributed by atoms with Crippen molar-refractivity contribution in [2.45, 2.75) is 19.8 Å². The van der Waals surface area contributed by atoms with Gasteiger partial charge in [0.15, 0.2) is 0 Å². The van der Waals surface area contributed by atoms with E-state index in [2.05, 4.69) is 9.97 Å². The standard InChI is InChI=1S/C15H17N3O2/c1-10-5-4-6-11(9-10)12-13(19)16-15(17-14(12)20)18-7-2-3-8-18/h4-6,9H,2-3,7-8H2,1H3,(H2,16,17,19,20). The van der Waals surface area contributed by atoms with Crippen LogP contribution in [0.2, 0.25) is 0 Å². The minimum Gasteiger partial charge on any atom is -0.493 e. The van der Waals surface area contributed by atoms with Gasteiger partial charge in [0, 0.05) is 13.1 Å². The molecule has 0 radical (unpaired) electrons. The predicted octanol–water partition coefficient (Wildman–Crippen LogP) is 2.05. The van der Waals surface area contributed by atoms with E-state index >= 15 is 0 Å². The zero-order chi connectivity index (χ0) is 14.1. The minimum atomic E-state index is -0.301. The summed E-state index contributed by atoms with van der Waals surface area (Å²) >= 11 is 0. The van der Waals surface area contributed by atoms with Crippen molar-refractivity contribution in [3.63, 3.8) is 0 Å². The Hall–Kier alpha value is -2.30. The van der Waals surface area contributed by atoms with E-state index in [1.165, 1.54) is 0 Å². The largest absolute Gasteiger partial charge is 0.493 e. The number of aromatic hydroxyl groups is 1. The molecule has 2 N–H and O–H groups in total. The lowest BCUT2D eigenvalue weighted by Crippen LogP contribution is -2.24. The van der Waals surface area contributed by atoms with Crippen LogP contribution >= 0.6 is 0 Å². The molecule has 1 fully saturated rings. The van der Waals surface area contributed by atoms with E-state index in [1.54, 1.807) is 6.07 Å². The molecule has 1 aromatic carbocycles. The molecule has 0 bridgehead atoms. The summed E-state index contributed by atoms with van der Waals surface area (Å²) in [6.07, 6.45) is 2.17. The molecule has 0 aliphatic carbocycles. The van der Waals surface area contributed by atoms with Gasteiger partial charge in [-0.1, -0.05) is 29.8 Å². The molecule has 0 spiro atoms. The van der Waals surface area contributed by atoms with Gasteiger partial charge in [-0.3, -0.25) is 9.78 Å². The van der Waals surface area contributed by atoms with Crippen LogP contribution < -0.4 is 10.5 Å². The summed E-state index contributed by atoms with van der Waals surface area (Å²) in [6, 6.07) is 7.47. The molecule has 1 aromatic heterocycles. The van der Waals surface area contributed by atoms with Crippen LogP contribution in [0.15, 0.2) is 29.1 Å². The molecule has 1 aliphatic rings. The van der Waals surface area contributed by atoms with Crippen molar-refractivity contribution in [1.82, 2.24) is 9.97 Å². The van der Waals surface area contributed by atoms with Crippen molar-refractivity contribution in [2.75, 3.05) is 18.0 Å². The smallest absolute Gasteiger partial charge is 0.264 e. The number of anilines is 1. The highest BCUT2D eigenvalue weighted by molar-refractivity contribution is 5.68. The van der Waals surface area contributed by atoms with Gasteiger partial charge in [-0.25, -0.2) is 0 Å². The van der Waals surface area contributed by atoms with E-state index in [0.29, 0.717) is 11.5 Å². The third kappa shape index (κ3) is 2.27. The first-order chi connectivity index (χ1) is 9.65. The lowest BCUT2D eigenvalue weighted by molar-refractivity contribution is 0.453. The van der Waals surface area contributed by atoms with Crippen molar-refractivity contribution in [3.05, 3.63) is 40.2 Å². The van der Waals surface area contributed by atoms with Crippen molar-refractivity contribution >= 4 is 5.95 Å². The van der Waals surface area contributed by atoms with Gasteiger partial charge in [-0.2, -0.15) is 4.98 Å². The van der Waals surface area contributed by atoms with Crippen LogP contribution in [0.25, 0.3) is 11.1 Å². The minimum absolute atomic E-state index is 0.207. The molecule has 5 heteroatoms. The average molecular weight is 271 g/mol. The van der Waals surface area contributed by atoms with E-state index < -0.39 is 0 Å².